The van der Waals surface area contributed by atoms with Crippen molar-refractivity contribution in [3.8, 4) is 11.5 Å². The van der Waals surface area contributed by atoms with Gasteiger partial charge in [-0.05, 0) is 0 Å². The maximum absolute atomic E-state index is 12.7. The molecule has 1 heterocycles. The van der Waals surface area contributed by atoms with E-state index in [1.807, 2.05) is 24.9 Å². The molecule has 1 fully saturated rings. The van der Waals surface area contributed by atoms with Crippen molar-refractivity contribution >= 4 is 5.91 Å². The number of carbonyl (C=O) groups excluding carboxylic acids is 1. The number of phenols is 1. The molecule has 0 saturated carbocycles. The second-order valence-electron chi connectivity index (χ2n) is 6.72. The standard InChI is InChI=1S/C18H27NO3.Ac/c1-7-15(13(4)18(21)19(6)12(2)3)11-22-17-10-8-9-16(20)14(17)5;/h8-10,12-13,15,20H,1,4,7,11H2,2-3,5-6H3;. The molecular weight excluding hydrogens is 505 g/mol. The van der Waals surface area contributed by atoms with Crippen LogP contribution in [0.1, 0.15) is 25.8 Å². The van der Waals surface area contributed by atoms with Gasteiger partial charge in [0.05, 0.1) is 0 Å². The van der Waals surface area contributed by atoms with Crippen molar-refractivity contribution in [2.45, 2.75) is 36.4 Å². The molecule has 0 aliphatic carbocycles. The van der Waals surface area contributed by atoms with E-state index in [9.17, 15) is 9.90 Å². The Bertz CT molecular complexity index is 547. The van der Waals surface area contributed by atoms with Crippen LogP contribution in [-0.4, -0.2) is 35.6 Å². The van der Waals surface area contributed by atoms with E-state index in [0.29, 0.717) is 18.4 Å². The van der Waals surface area contributed by atoms with Crippen LogP contribution in [-0.2, 0) is 4.79 Å². The number of hydrogen-bond donors (Lipinski definition) is 1. The Balaban J connectivity index is 2.04. The van der Waals surface area contributed by atoms with E-state index in [4.69, 9.17) is 4.74 Å². The van der Waals surface area contributed by atoms with Crippen molar-refractivity contribution in [2.75, 3.05) is 13.7 Å². The molecule has 2 atom stereocenters. The van der Waals surface area contributed by atoms with Gasteiger partial charge in [-0.1, -0.05) is 0 Å². The van der Waals surface area contributed by atoms with E-state index >= 15 is 0 Å². The van der Waals surface area contributed by atoms with E-state index in [0.717, 1.165) is 17.7 Å². The third kappa shape index (κ3) is 4.86. The minimum atomic E-state index is -0.816. The molecule has 1 aromatic carbocycles. The quantitative estimate of drug-likeness (QED) is 0.632. The van der Waals surface area contributed by atoms with E-state index in [2.05, 4.69) is 13.8 Å². The molecule has 0 spiro atoms. The number of phenolic OH excluding ortho intramolecular Hbond substituents is 1. The third-order valence-electron chi connectivity index (χ3n) is 4.88. The van der Waals surface area contributed by atoms with Gasteiger partial charge in [0, 0.05) is 0 Å². The summed E-state index contributed by atoms with van der Waals surface area (Å²) in [5.41, 5.74) is 0.769. The molecule has 1 aromatic rings. The van der Waals surface area contributed by atoms with Crippen molar-refractivity contribution < 1.29 is 54.3 Å². The van der Waals surface area contributed by atoms with Gasteiger partial charge in [0.15, 0.2) is 0 Å². The van der Waals surface area contributed by atoms with Gasteiger partial charge >= 0.3 is 162 Å². The number of hydrogen-bond acceptors (Lipinski definition) is 3. The van der Waals surface area contributed by atoms with Gasteiger partial charge in [-0.25, -0.2) is 0 Å². The molecule has 0 radical (unpaired) electrons. The Labute approximate surface area is 161 Å². The molecule has 2 rings (SSSR count). The number of rotatable bonds is 5. The molecule has 4 nitrogen and oxygen atoms in total. The molecule has 1 N–H and O–H groups in total. The topological polar surface area (TPSA) is 49.8 Å². The van der Waals surface area contributed by atoms with Crippen LogP contribution in [0.15, 0.2) is 18.2 Å². The van der Waals surface area contributed by atoms with Crippen LogP contribution < -0.4 is 4.74 Å². The zero-order valence-corrected chi connectivity index (χ0v) is 19.3. The predicted molar refractivity (Wildman–Crippen MR) is 87.5 cm³/mol. The Morgan fingerprint density at radius 2 is 2.22 bits per heavy atom. The van der Waals surface area contributed by atoms with Crippen molar-refractivity contribution in [2.24, 2.45) is 11.8 Å². The van der Waals surface area contributed by atoms with Crippen molar-refractivity contribution in [1.29, 1.82) is 0 Å². The first-order valence-corrected chi connectivity index (χ1v) is 15.1. The summed E-state index contributed by atoms with van der Waals surface area (Å²) < 4.78 is 8.51. The van der Waals surface area contributed by atoms with E-state index < -0.39 is 39.7 Å². The van der Waals surface area contributed by atoms with Crippen molar-refractivity contribution in [3.63, 3.8) is 0 Å². The molecule has 1 amide bonds. The first-order valence-electron chi connectivity index (χ1n) is 8.41. The van der Waals surface area contributed by atoms with E-state index in [1.165, 1.54) is 3.20 Å². The van der Waals surface area contributed by atoms with Gasteiger partial charge in [-0.15, -0.1) is 0 Å². The summed E-state index contributed by atoms with van der Waals surface area (Å²) in [6.45, 7) is 6.55. The summed E-state index contributed by atoms with van der Waals surface area (Å²) in [6, 6.07) is 5.59. The minimum absolute atomic E-state index is 0.147. The first kappa shape index (κ1) is 19.1. The third-order valence-corrected chi connectivity index (χ3v) is 11.4. The second-order valence-corrected chi connectivity index (χ2v) is 13.4. The van der Waals surface area contributed by atoms with Crippen LogP contribution in [0.25, 0.3) is 0 Å². The summed E-state index contributed by atoms with van der Waals surface area (Å²) in [4.78, 5) is 14.6. The normalized spacial score (nSPS) is 20.6. The van der Waals surface area contributed by atoms with Crippen LogP contribution in [0.4, 0.5) is 0 Å². The number of nitrogens with zero attached hydrogens (tertiary/aromatic N) is 1. The fourth-order valence-corrected chi connectivity index (χ4v) is 10.6. The second kappa shape index (κ2) is 8.72. The first-order chi connectivity index (χ1) is 10.9. The molecular formula is C18H27AcNO3. The Kier molecular flexibility index (Phi) is 7.23. The molecule has 125 valence electrons. The van der Waals surface area contributed by atoms with Crippen LogP contribution in [0, 0.1) is 58.5 Å². The van der Waals surface area contributed by atoms with Gasteiger partial charge in [0.2, 0.25) is 0 Å². The Morgan fingerprint density at radius 1 is 1.48 bits per heavy atom. The predicted octanol–water partition coefficient (Wildman–Crippen LogP) is 3.50. The Hall–Kier alpha value is -0.268. The van der Waals surface area contributed by atoms with Crippen molar-refractivity contribution in [3.05, 3.63) is 23.8 Å². The SMILES string of the molecule is Cc1c(O)cccc1OCC1C[CH2][Ac][CH2]C1C(=O)N(C)C(C)C. The van der Waals surface area contributed by atoms with Crippen LogP contribution in [0.5, 0.6) is 11.5 Å². The molecule has 2 unspecified atom stereocenters. The molecule has 1 saturated heterocycles. The van der Waals surface area contributed by atoms with Crippen LogP contribution in [0.3, 0.4) is 0 Å². The van der Waals surface area contributed by atoms with Crippen LogP contribution >= 0.6 is 0 Å². The summed E-state index contributed by atoms with van der Waals surface area (Å²) in [6.07, 6.45) is 1.13. The number of aromatic hydroxyl groups is 1. The number of benzene rings is 1. The Morgan fingerprint density at radius 3 is 2.91 bits per heavy atom. The summed E-state index contributed by atoms with van der Waals surface area (Å²) in [5.74, 6) is 1.73. The van der Waals surface area contributed by atoms with Gasteiger partial charge < -0.3 is 0 Å². The summed E-state index contributed by atoms with van der Waals surface area (Å²) in [7, 11) is 1.91. The van der Waals surface area contributed by atoms with Crippen molar-refractivity contribution in [1.82, 2.24) is 4.90 Å². The summed E-state index contributed by atoms with van der Waals surface area (Å²) >= 11 is -0.816. The van der Waals surface area contributed by atoms with E-state index in [-0.39, 0.29) is 17.7 Å². The van der Waals surface area contributed by atoms with Crippen LogP contribution in [0.2, 0.25) is 3.20 Å². The fourth-order valence-electron chi connectivity index (χ4n) is 3.00. The fraction of sp³-hybridized carbons (Fsp3) is 0.611. The average molecular weight is 532 g/mol. The molecule has 1 aliphatic heterocycles. The monoisotopic (exact) mass is 532 g/mol. The van der Waals surface area contributed by atoms with Gasteiger partial charge in [-0.2, -0.15) is 0 Å². The zero-order valence-electron chi connectivity index (χ0n) is 14.6. The number of amides is 1. The van der Waals surface area contributed by atoms with Gasteiger partial charge in [0.25, 0.3) is 0 Å². The average Bonchev–Trinajstić information content (AvgIpc) is 2.55. The molecule has 5 heteroatoms. The molecule has 0 aromatic heterocycles. The molecule has 23 heavy (non-hydrogen) atoms. The number of ether oxygens (including phenoxy) is 1. The maximum atomic E-state index is 12.7. The number of carbonyl (C=O) groups is 1. The zero-order chi connectivity index (χ0) is 17.0. The van der Waals surface area contributed by atoms with E-state index in [1.54, 1.807) is 12.1 Å². The molecule has 0 bridgehead atoms. The van der Waals surface area contributed by atoms with Gasteiger partial charge in [-0.3, -0.25) is 0 Å². The molecule has 1 aliphatic rings. The van der Waals surface area contributed by atoms with Gasteiger partial charge in [0.1, 0.15) is 0 Å². The summed E-state index contributed by atoms with van der Waals surface area (Å²) in [5, 5.41) is 9.78.